The minimum Gasteiger partial charge on any atom is -0.480 e. The number of nitrogens with zero attached hydrogens (tertiary/aromatic N) is 2. The largest absolute Gasteiger partial charge is 0.480 e. The van der Waals surface area contributed by atoms with Crippen molar-refractivity contribution >= 4 is 12.0 Å². The third-order valence-electron chi connectivity index (χ3n) is 3.39. The highest BCUT2D eigenvalue weighted by Gasteiger charge is 2.40. The minimum atomic E-state index is -1.09. The second kappa shape index (κ2) is 5.96. The molecular formula is C13H18N2O5. The number of urea groups is 1. The van der Waals surface area contributed by atoms with Gasteiger partial charge in [-0.3, -0.25) is 0 Å². The molecule has 2 amide bonds. The molecular weight excluding hydrogens is 264 g/mol. The lowest BCUT2D eigenvalue weighted by Crippen LogP contribution is -2.47. The third kappa shape index (κ3) is 2.93. The number of hydrogen-bond acceptors (Lipinski definition) is 4. The lowest BCUT2D eigenvalue weighted by Gasteiger charge is -2.28. The number of likely N-dealkylation sites (tertiary alicyclic amines) is 1. The standard InChI is InChI=1S/C13H18N2O5/c1-2-14(8-10-4-3-5-20-10)13(19)15-7-9(16)6-11(15)12(17)18/h3-5,9,11,16H,2,6-8H2,1H3,(H,17,18). The van der Waals surface area contributed by atoms with Gasteiger partial charge in [0.15, 0.2) is 0 Å². The van der Waals surface area contributed by atoms with E-state index in [2.05, 4.69) is 0 Å². The molecule has 110 valence electrons. The second-order valence-electron chi connectivity index (χ2n) is 4.77. The van der Waals surface area contributed by atoms with E-state index in [1.165, 1.54) is 16.1 Å². The molecule has 2 atom stereocenters. The Morgan fingerprint density at radius 3 is 2.85 bits per heavy atom. The number of carbonyl (C=O) groups excluding carboxylic acids is 1. The molecule has 1 fully saturated rings. The molecule has 0 aliphatic carbocycles. The van der Waals surface area contributed by atoms with Crippen molar-refractivity contribution in [1.29, 1.82) is 0 Å². The molecule has 0 bridgehead atoms. The van der Waals surface area contributed by atoms with E-state index in [9.17, 15) is 14.7 Å². The quantitative estimate of drug-likeness (QED) is 0.849. The van der Waals surface area contributed by atoms with Crippen molar-refractivity contribution in [3.05, 3.63) is 24.2 Å². The number of rotatable bonds is 4. The number of aliphatic carboxylic acids is 1. The minimum absolute atomic E-state index is 0.0461. The Labute approximate surface area is 116 Å². The number of carboxylic acid groups (broad SMARTS) is 1. The number of aliphatic hydroxyl groups excluding tert-OH is 1. The molecule has 2 unspecified atom stereocenters. The molecule has 1 aromatic rings. The number of aliphatic hydroxyl groups is 1. The fourth-order valence-electron chi connectivity index (χ4n) is 2.35. The van der Waals surface area contributed by atoms with Crippen LogP contribution in [-0.2, 0) is 11.3 Å². The molecule has 1 aromatic heterocycles. The summed E-state index contributed by atoms with van der Waals surface area (Å²) >= 11 is 0. The van der Waals surface area contributed by atoms with Crippen molar-refractivity contribution in [2.24, 2.45) is 0 Å². The molecule has 1 aliphatic heterocycles. The van der Waals surface area contributed by atoms with E-state index in [0.29, 0.717) is 12.3 Å². The van der Waals surface area contributed by atoms with Crippen molar-refractivity contribution < 1.29 is 24.2 Å². The van der Waals surface area contributed by atoms with E-state index in [0.717, 1.165) is 0 Å². The molecule has 1 aliphatic rings. The molecule has 0 spiro atoms. The van der Waals surface area contributed by atoms with E-state index in [1.807, 2.05) is 6.92 Å². The molecule has 20 heavy (non-hydrogen) atoms. The van der Waals surface area contributed by atoms with Crippen LogP contribution in [0.3, 0.4) is 0 Å². The highest BCUT2D eigenvalue weighted by molar-refractivity contribution is 5.83. The summed E-state index contributed by atoms with van der Waals surface area (Å²) in [6.45, 7) is 2.56. The highest BCUT2D eigenvalue weighted by Crippen LogP contribution is 2.21. The van der Waals surface area contributed by atoms with Crippen LogP contribution in [0.2, 0.25) is 0 Å². The monoisotopic (exact) mass is 282 g/mol. The van der Waals surface area contributed by atoms with E-state index in [1.54, 1.807) is 12.1 Å². The van der Waals surface area contributed by atoms with Gasteiger partial charge < -0.3 is 24.4 Å². The Balaban J connectivity index is 2.09. The van der Waals surface area contributed by atoms with Gasteiger partial charge in [-0.25, -0.2) is 9.59 Å². The van der Waals surface area contributed by atoms with Gasteiger partial charge >= 0.3 is 12.0 Å². The summed E-state index contributed by atoms with van der Waals surface area (Å²) < 4.78 is 5.20. The van der Waals surface area contributed by atoms with Crippen LogP contribution in [0.5, 0.6) is 0 Å². The van der Waals surface area contributed by atoms with Gasteiger partial charge in [0, 0.05) is 19.5 Å². The van der Waals surface area contributed by atoms with E-state index >= 15 is 0 Å². The number of furan rings is 1. The molecule has 0 radical (unpaired) electrons. The van der Waals surface area contributed by atoms with Crippen LogP contribution in [0.15, 0.2) is 22.8 Å². The molecule has 2 N–H and O–H groups in total. The smallest absolute Gasteiger partial charge is 0.326 e. The summed E-state index contributed by atoms with van der Waals surface area (Å²) in [4.78, 5) is 26.2. The Bertz CT molecular complexity index is 473. The van der Waals surface area contributed by atoms with Crippen LogP contribution in [0.25, 0.3) is 0 Å². The first-order valence-electron chi connectivity index (χ1n) is 6.51. The molecule has 7 heteroatoms. The van der Waals surface area contributed by atoms with E-state index in [4.69, 9.17) is 9.52 Å². The van der Waals surface area contributed by atoms with E-state index < -0.39 is 24.1 Å². The molecule has 0 saturated carbocycles. The van der Waals surface area contributed by atoms with Crippen molar-refractivity contribution in [3.8, 4) is 0 Å². The predicted octanol–water partition coefficient (Wildman–Crippen LogP) is 0.741. The van der Waals surface area contributed by atoms with Crippen LogP contribution < -0.4 is 0 Å². The van der Waals surface area contributed by atoms with Gasteiger partial charge in [0.2, 0.25) is 0 Å². The average molecular weight is 282 g/mol. The van der Waals surface area contributed by atoms with Crippen LogP contribution in [-0.4, -0.2) is 57.2 Å². The summed E-state index contributed by atoms with van der Waals surface area (Å²) in [5.41, 5.74) is 0. The number of amides is 2. The molecule has 1 saturated heterocycles. The van der Waals surface area contributed by atoms with Crippen LogP contribution >= 0.6 is 0 Å². The van der Waals surface area contributed by atoms with Gasteiger partial charge in [0.05, 0.1) is 18.9 Å². The Hall–Kier alpha value is -2.02. The summed E-state index contributed by atoms with van der Waals surface area (Å²) in [6.07, 6.45) is 0.800. The zero-order valence-electron chi connectivity index (χ0n) is 11.2. The SMILES string of the molecule is CCN(Cc1ccco1)C(=O)N1CC(O)CC1C(=O)O. The Morgan fingerprint density at radius 1 is 1.55 bits per heavy atom. The maximum atomic E-state index is 12.4. The topological polar surface area (TPSA) is 94.2 Å². The Kier molecular flexibility index (Phi) is 4.29. The number of β-amino-alcohol motifs (C(OH)–C–C–N with tert-alkyl or cyclic N) is 1. The molecule has 2 heterocycles. The second-order valence-corrected chi connectivity index (χ2v) is 4.77. The predicted molar refractivity (Wildman–Crippen MR) is 68.9 cm³/mol. The fraction of sp³-hybridized carbons (Fsp3) is 0.538. The lowest BCUT2D eigenvalue weighted by atomic mass is 10.2. The zero-order valence-corrected chi connectivity index (χ0v) is 11.2. The van der Waals surface area contributed by atoms with Gasteiger partial charge in [0.25, 0.3) is 0 Å². The first-order chi connectivity index (χ1) is 9.52. The maximum Gasteiger partial charge on any atom is 0.326 e. The lowest BCUT2D eigenvalue weighted by molar-refractivity contribution is -0.141. The van der Waals surface area contributed by atoms with Gasteiger partial charge in [-0.1, -0.05) is 0 Å². The first-order valence-corrected chi connectivity index (χ1v) is 6.51. The summed E-state index contributed by atoms with van der Waals surface area (Å²) in [5, 5.41) is 18.7. The number of carbonyl (C=O) groups is 2. The van der Waals surface area contributed by atoms with Gasteiger partial charge in [-0.15, -0.1) is 0 Å². The maximum absolute atomic E-state index is 12.4. The van der Waals surface area contributed by atoms with Gasteiger partial charge in [-0.05, 0) is 19.1 Å². The average Bonchev–Trinajstić information content (AvgIpc) is 3.04. The first kappa shape index (κ1) is 14.4. The van der Waals surface area contributed by atoms with Crippen LogP contribution in [0.1, 0.15) is 19.1 Å². The Morgan fingerprint density at radius 2 is 2.30 bits per heavy atom. The van der Waals surface area contributed by atoms with Gasteiger partial charge in [0.1, 0.15) is 11.8 Å². The van der Waals surface area contributed by atoms with Crippen molar-refractivity contribution in [3.63, 3.8) is 0 Å². The normalized spacial score (nSPS) is 22.0. The summed E-state index contributed by atoms with van der Waals surface area (Å²) in [5.74, 6) is -0.462. The van der Waals surface area contributed by atoms with Crippen molar-refractivity contribution in [2.75, 3.05) is 13.1 Å². The van der Waals surface area contributed by atoms with E-state index in [-0.39, 0.29) is 19.5 Å². The van der Waals surface area contributed by atoms with Crippen molar-refractivity contribution in [2.45, 2.75) is 32.0 Å². The van der Waals surface area contributed by atoms with Crippen LogP contribution in [0.4, 0.5) is 4.79 Å². The van der Waals surface area contributed by atoms with Crippen molar-refractivity contribution in [1.82, 2.24) is 9.80 Å². The molecule has 0 aromatic carbocycles. The summed E-state index contributed by atoms with van der Waals surface area (Å²) in [7, 11) is 0. The summed E-state index contributed by atoms with van der Waals surface area (Å²) in [6, 6.07) is 2.12. The number of hydrogen-bond donors (Lipinski definition) is 2. The third-order valence-corrected chi connectivity index (χ3v) is 3.39. The fourth-order valence-corrected chi connectivity index (χ4v) is 2.35. The zero-order chi connectivity index (χ0) is 14.7. The highest BCUT2D eigenvalue weighted by atomic mass is 16.4. The number of carboxylic acids is 1. The van der Waals surface area contributed by atoms with Crippen LogP contribution in [0, 0.1) is 0 Å². The molecule has 2 rings (SSSR count). The molecule has 7 nitrogen and oxygen atoms in total. The van der Waals surface area contributed by atoms with Gasteiger partial charge in [-0.2, -0.15) is 0 Å².